The van der Waals surface area contributed by atoms with Gasteiger partial charge in [-0.1, -0.05) is 11.6 Å². The second kappa shape index (κ2) is 5.41. The van der Waals surface area contributed by atoms with Crippen molar-refractivity contribution in [1.82, 2.24) is 10.2 Å². The lowest BCUT2D eigenvalue weighted by Gasteiger charge is -2.29. The van der Waals surface area contributed by atoms with E-state index in [1.165, 1.54) is 42.1 Å². The monoisotopic (exact) mass is 282 g/mol. The van der Waals surface area contributed by atoms with Gasteiger partial charge in [0.2, 0.25) is 0 Å². The largest absolute Gasteiger partial charge is 0.306 e. The average Bonchev–Trinajstić information content (AvgIpc) is 2.76. The summed E-state index contributed by atoms with van der Waals surface area (Å²) in [5.74, 6) is 1.20. The predicted molar refractivity (Wildman–Crippen MR) is 78.6 cm³/mol. The van der Waals surface area contributed by atoms with Crippen LogP contribution in [0.2, 0.25) is 5.02 Å². The van der Waals surface area contributed by atoms with Crippen LogP contribution in [0, 0.1) is 0 Å². The van der Waals surface area contributed by atoms with E-state index < -0.39 is 0 Å². The zero-order chi connectivity index (χ0) is 12.5. The maximum absolute atomic E-state index is 6.14. The van der Waals surface area contributed by atoms with Gasteiger partial charge in [-0.2, -0.15) is 0 Å². The van der Waals surface area contributed by atoms with Crippen molar-refractivity contribution in [2.75, 3.05) is 25.9 Å². The third kappa shape index (κ3) is 2.69. The molecule has 1 fully saturated rings. The molecule has 98 valence electrons. The highest BCUT2D eigenvalue weighted by Crippen LogP contribution is 2.38. The third-order valence-corrected chi connectivity index (χ3v) is 5.20. The van der Waals surface area contributed by atoms with E-state index in [0.29, 0.717) is 12.1 Å². The predicted octanol–water partition coefficient (Wildman–Crippen LogP) is 3.17. The fraction of sp³-hybridized carbons (Fsp3) is 0.571. The highest BCUT2D eigenvalue weighted by atomic mass is 35.5. The van der Waals surface area contributed by atoms with E-state index in [0.717, 1.165) is 5.02 Å². The van der Waals surface area contributed by atoms with Gasteiger partial charge >= 0.3 is 0 Å². The molecule has 0 aliphatic carbocycles. The van der Waals surface area contributed by atoms with Gasteiger partial charge in [0.1, 0.15) is 0 Å². The minimum absolute atomic E-state index is 0.483. The lowest BCUT2D eigenvalue weighted by Crippen LogP contribution is -2.36. The molecule has 1 N–H and O–H groups in total. The highest BCUT2D eigenvalue weighted by Gasteiger charge is 2.26. The van der Waals surface area contributed by atoms with Crippen molar-refractivity contribution in [3.8, 4) is 0 Å². The smallest absolute Gasteiger partial charge is 0.0410 e. The van der Waals surface area contributed by atoms with Gasteiger partial charge in [-0.3, -0.25) is 0 Å². The summed E-state index contributed by atoms with van der Waals surface area (Å²) in [7, 11) is 2.20. The number of fused-ring (bicyclic) bond motifs is 1. The van der Waals surface area contributed by atoms with Crippen molar-refractivity contribution >= 4 is 23.4 Å². The first-order valence-electron chi connectivity index (χ1n) is 6.59. The SMILES string of the molecule is CN1CCC(NC2CCSc3ccc(Cl)cc32)C1. The van der Waals surface area contributed by atoms with Gasteiger partial charge in [0.15, 0.2) is 0 Å². The van der Waals surface area contributed by atoms with Crippen molar-refractivity contribution in [2.24, 2.45) is 0 Å². The lowest BCUT2D eigenvalue weighted by atomic mass is 10.0. The normalized spacial score (nSPS) is 28.3. The molecular formula is C14H19ClN2S. The molecule has 0 aromatic heterocycles. The Hall–Kier alpha value is -0.220. The van der Waals surface area contributed by atoms with Crippen molar-refractivity contribution in [2.45, 2.75) is 29.8 Å². The van der Waals surface area contributed by atoms with Gasteiger partial charge < -0.3 is 10.2 Å². The van der Waals surface area contributed by atoms with E-state index in [2.05, 4.69) is 29.4 Å². The number of rotatable bonds is 2. The Bertz CT molecular complexity index is 438. The molecule has 2 nitrogen and oxygen atoms in total. The molecular weight excluding hydrogens is 264 g/mol. The number of likely N-dealkylation sites (N-methyl/N-ethyl adjacent to an activating group) is 1. The Morgan fingerprint density at radius 1 is 1.39 bits per heavy atom. The summed E-state index contributed by atoms with van der Waals surface area (Å²) < 4.78 is 0. The molecule has 1 aromatic carbocycles. The van der Waals surface area contributed by atoms with Crippen LogP contribution in [-0.2, 0) is 0 Å². The van der Waals surface area contributed by atoms with Crippen LogP contribution in [0.15, 0.2) is 23.1 Å². The number of halogens is 1. The Labute approximate surface area is 118 Å². The zero-order valence-electron chi connectivity index (χ0n) is 10.7. The molecule has 2 atom stereocenters. The number of thioether (sulfide) groups is 1. The first-order valence-corrected chi connectivity index (χ1v) is 7.95. The summed E-state index contributed by atoms with van der Waals surface area (Å²) in [6.45, 7) is 2.38. The molecule has 0 spiro atoms. The molecule has 4 heteroatoms. The number of benzene rings is 1. The summed E-state index contributed by atoms with van der Waals surface area (Å²) in [6.07, 6.45) is 2.47. The fourth-order valence-corrected chi connectivity index (χ4v) is 4.18. The number of likely N-dealkylation sites (tertiary alicyclic amines) is 1. The number of nitrogens with zero attached hydrogens (tertiary/aromatic N) is 1. The van der Waals surface area contributed by atoms with Crippen molar-refractivity contribution < 1.29 is 0 Å². The standard InChI is InChI=1S/C14H19ClN2S/c1-17-6-4-11(9-17)16-13-5-7-18-14-3-2-10(15)8-12(13)14/h2-3,8,11,13,16H,4-7,9H2,1H3. The maximum Gasteiger partial charge on any atom is 0.0410 e. The Morgan fingerprint density at radius 3 is 3.06 bits per heavy atom. The van der Waals surface area contributed by atoms with E-state index >= 15 is 0 Å². The fourth-order valence-electron chi connectivity index (χ4n) is 2.89. The summed E-state index contributed by atoms with van der Waals surface area (Å²) in [5.41, 5.74) is 1.40. The molecule has 0 radical (unpaired) electrons. The molecule has 0 amide bonds. The van der Waals surface area contributed by atoms with Crippen molar-refractivity contribution in [3.63, 3.8) is 0 Å². The van der Waals surface area contributed by atoms with Gasteiger partial charge in [-0.15, -0.1) is 11.8 Å². The quantitative estimate of drug-likeness (QED) is 0.897. The van der Waals surface area contributed by atoms with Crippen LogP contribution in [0.3, 0.4) is 0 Å². The Morgan fingerprint density at radius 2 is 2.28 bits per heavy atom. The topological polar surface area (TPSA) is 15.3 Å². The maximum atomic E-state index is 6.14. The molecule has 2 aliphatic rings. The summed E-state index contributed by atoms with van der Waals surface area (Å²) in [5, 5.41) is 4.67. The van der Waals surface area contributed by atoms with Crippen LogP contribution in [0.4, 0.5) is 0 Å². The van der Waals surface area contributed by atoms with E-state index in [9.17, 15) is 0 Å². The molecule has 1 saturated heterocycles. The molecule has 2 unspecified atom stereocenters. The first-order chi connectivity index (χ1) is 8.72. The molecule has 0 bridgehead atoms. The number of nitrogens with one attached hydrogen (secondary N) is 1. The highest BCUT2D eigenvalue weighted by molar-refractivity contribution is 7.99. The van der Waals surface area contributed by atoms with Gasteiger partial charge in [0.05, 0.1) is 0 Å². The van der Waals surface area contributed by atoms with E-state index in [1.807, 2.05) is 17.8 Å². The molecule has 1 aromatic rings. The third-order valence-electron chi connectivity index (χ3n) is 3.84. The number of hydrogen-bond acceptors (Lipinski definition) is 3. The van der Waals surface area contributed by atoms with Crippen LogP contribution >= 0.6 is 23.4 Å². The van der Waals surface area contributed by atoms with E-state index in [1.54, 1.807) is 0 Å². The van der Waals surface area contributed by atoms with Crippen LogP contribution < -0.4 is 5.32 Å². The number of hydrogen-bond donors (Lipinski definition) is 1. The van der Waals surface area contributed by atoms with Gasteiger partial charge in [0, 0.05) is 28.5 Å². The lowest BCUT2D eigenvalue weighted by molar-refractivity contribution is 0.377. The first kappa shape index (κ1) is 12.8. The molecule has 3 rings (SSSR count). The van der Waals surface area contributed by atoms with Crippen molar-refractivity contribution in [1.29, 1.82) is 0 Å². The van der Waals surface area contributed by atoms with Crippen molar-refractivity contribution in [3.05, 3.63) is 28.8 Å². The minimum atomic E-state index is 0.483. The summed E-state index contributed by atoms with van der Waals surface area (Å²) >= 11 is 8.09. The Balaban J connectivity index is 1.76. The summed E-state index contributed by atoms with van der Waals surface area (Å²) in [6, 6.07) is 7.42. The summed E-state index contributed by atoms with van der Waals surface area (Å²) in [4.78, 5) is 3.79. The zero-order valence-corrected chi connectivity index (χ0v) is 12.2. The second-order valence-electron chi connectivity index (χ2n) is 5.29. The molecule has 2 heterocycles. The van der Waals surface area contributed by atoms with Crippen LogP contribution in [0.25, 0.3) is 0 Å². The molecule has 18 heavy (non-hydrogen) atoms. The average molecular weight is 283 g/mol. The van der Waals surface area contributed by atoms with E-state index in [-0.39, 0.29) is 0 Å². The van der Waals surface area contributed by atoms with E-state index in [4.69, 9.17) is 11.6 Å². The molecule has 0 saturated carbocycles. The van der Waals surface area contributed by atoms with Crippen LogP contribution in [0.1, 0.15) is 24.4 Å². The minimum Gasteiger partial charge on any atom is -0.306 e. The Kier molecular flexibility index (Phi) is 3.85. The molecule has 2 aliphatic heterocycles. The second-order valence-corrected chi connectivity index (χ2v) is 6.86. The van der Waals surface area contributed by atoms with Gasteiger partial charge in [-0.25, -0.2) is 0 Å². The van der Waals surface area contributed by atoms with Gasteiger partial charge in [-0.05, 0) is 55.9 Å². The van der Waals surface area contributed by atoms with Crippen LogP contribution in [-0.4, -0.2) is 36.8 Å². The van der Waals surface area contributed by atoms with Crippen LogP contribution in [0.5, 0.6) is 0 Å². The van der Waals surface area contributed by atoms with Gasteiger partial charge in [0.25, 0.3) is 0 Å².